The van der Waals surface area contributed by atoms with E-state index in [2.05, 4.69) is 19.2 Å². The minimum Gasteiger partial charge on any atom is -0.342 e. The van der Waals surface area contributed by atoms with Gasteiger partial charge in [-0.15, -0.1) is 0 Å². The Hall–Kier alpha value is -1.06. The number of carbonyl (C=O) groups is 2. The quantitative estimate of drug-likeness (QED) is 0.784. The summed E-state index contributed by atoms with van der Waals surface area (Å²) in [5.74, 6) is 1.60. The smallest absolute Gasteiger partial charge is 0.245 e. The fourth-order valence-electron chi connectivity index (χ4n) is 3.30. The predicted octanol–water partition coefficient (Wildman–Crippen LogP) is 2.57. The van der Waals surface area contributed by atoms with Gasteiger partial charge >= 0.3 is 0 Å². The van der Waals surface area contributed by atoms with E-state index in [-0.39, 0.29) is 29.8 Å². The van der Waals surface area contributed by atoms with E-state index < -0.39 is 0 Å². The third-order valence-electron chi connectivity index (χ3n) is 4.55. The first-order valence-electron chi connectivity index (χ1n) is 8.51. The predicted molar refractivity (Wildman–Crippen MR) is 83.7 cm³/mol. The highest BCUT2D eigenvalue weighted by Gasteiger charge is 2.41. The molecule has 0 aromatic rings. The average Bonchev–Trinajstić information content (AvgIpc) is 3.17. The Morgan fingerprint density at radius 2 is 1.86 bits per heavy atom. The lowest BCUT2D eigenvalue weighted by Gasteiger charge is -2.41. The highest BCUT2D eigenvalue weighted by Crippen LogP contribution is 2.33. The monoisotopic (exact) mass is 294 g/mol. The summed E-state index contributed by atoms with van der Waals surface area (Å²) in [5, 5.41) is 2.94. The van der Waals surface area contributed by atoms with Gasteiger partial charge in [-0.1, -0.05) is 40.5 Å². The van der Waals surface area contributed by atoms with Crippen molar-refractivity contribution in [3.05, 3.63) is 0 Å². The summed E-state index contributed by atoms with van der Waals surface area (Å²) in [4.78, 5) is 27.0. The van der Waals surface area contributed by atoms with Crippen molar-refractivity contribution in [2.75, 3.05) is 6.54 Å². The van der Waals surface area contributed by atoms with Gasteiger partial charge in [-0.05, 0) is 37.0 Å². The molecule has 1 aliphatic carbocycles. The second-order valence-electron chi connectivity index (χ2n) is 7.50. The normalized spacial score (nSPS) is 26.7. The van der Waals surface area contributed by atoms with Crippen molar-refractivity contribution in [1.29, 1.82) is 0 Å². The topological polar surface area (TPSA) is 49.4 Å². The standard InChI is InChI=1S/C17H30N2O2/c1-11(2)10-14-17(21)19(9-5-6-13-7-8-13)15(12(3)4)16(20)18-14/h11-15H,5-10H2,1-4H3,(H,18,20). The summed E-state index contributed by atoms with van der Waals surface area (Å²) in [6.07, 6.45) is 5.65. The highest BCUT2D eigenvalue weighted by molar-refractivity contribution is 5.97. The zero-order valence-corrected chi connectivity index (χ0v) is 13.9. The van der Waals surface area contributed by atoms with Crippen LogP contribution in [0.2, 0.25) is 0 Å². The van der Waals surface area contributed by atoms with E-state index in [4.69, 9.17) is 0 Å². The van der Waals surface area contributed by atoms with E-state index in [1.807, 2.05) is 18.7 Å². The molecule has 4 nitrogen and oxygen atoms in total. The van der Waals surface area contributed by atoms with E-state index >= 15 is 0 Å². The first-order chi connectivity index (χ1) is 9.90. The molecule has 0 spiro atoms. The Morgan fingerprint density at radius 1 is 1.19 bits per heavy atom. The van der Waals surface area contributed by atoms with Gasteiger partial charge in [-0.2, -0.15) is 0 Å². The van der Waals surface area contributed by atoms with Crippen molar-refractivity contribution in [1.82, 2.24) is 10.2 Å². The molecule has 2 unspecified atom stereocenters. The first-order valence-corrected chi connectivity index (χ1v) is 8.51. The van der Waals surface area contributed by atoms with Gasteiger partial charge in [0.1, 0.15) is 12.1 Å². The number of amides is 2. The van der Waals surface area contributed by atoms with E-state index in [1.165, 1.54) is 19.3 Å². The van der Waals surface area contributed by atoms with Gasteiger partial charge in [0.25, 0.3) is 0 Å². The SMILES string of the molecule is CC(C)CC1NC(=O)C(C(C)C)N(CCCC2CC2)C1=O. The summed E-state index contributed by atoms with van der Waals surface area (Å²) in [6, 6.07) is -0.617. The van der Waals surface area contributed by atoms with Crippen LogP contribution in [0.5, 0.6) is 0 Å². The van der Waals surface area contributed by atoms with Crippen LogP contribution in [0.15, 0.2) is 0 Å². The van der Waals surface area contributed by atoms with Crippen LogP contribution in [0.3, 0.4) is 0 Å². The Labute approximate surface area is 128 Å². The van der Waals surface area contributed by atoms with Gasteiger partial charge < -0.3 is 10.2 Å². The molecule has 0 aromatic carbocycles. The minimum atomic E-state index is -0.326. The minimum absolute atomic E-state index is 0.0293. The molecule has 120 valence electrons. The van der Waals surface area contributed by atoms with Crippen LogP contribution in [0.1, 0.15) is 59.8 Å². The van der Waals surface area contributed by atoms with Crippen LogP contribution in [0, 0.1) is 17.8 Å². The summed E-state index contributed by atoms with van der Waals surface area (Å²) in [6.45, 7) is 8.96. The maximum absolute atomic E-state index is 12.7. The molecule has 1 saturated carbocycles. The van der Waals surface area contributed by atoms with Crippen LogP contribution in [0.4, 0.5) is 0 Å². The van der Waals surface area contributed by atoms with Crippen molar-refractivity contribution in [3.63, 3.8) is 0 Å². The van der Waals surface area contributed by atoms with Gasteiger partial charge in [-0.25, -0.2) is 0 Å². The Balaban J connectivity index is 2.03. The van der Waals surface area contributed by atoms with Crippen molar-refractivity contribution in [2.45, 2.75) is 71.9 Å². The van der Waals surface area contributed by atoms with E-state index in [0.717, 1.165) is 25.3 Å². The molecule has 0 bridgehead atoms. The largest absolute Gasteiger partial charge is 0.342 e. The van der Waals surface area contributed by atoms with Crippen molar-refractivity contribution in [2.24, 2.45) is 17.8 Å². The molecule has 4 heteroatoms. The zero-order valence-electron chi connectivity index (χ0n) is 13.9. The van der Waals surface area contributed by atoms with Crippen molar-refractivity contribution >= 4 is 11.8 Å². The van der Waals surface area contributed by atoms with Crippen molar-refractivity contribution < 1.29 is 9.59 Å². The molecule has 2 fully saturated rings. The molecule has 0 radical (unpaired) electrons. The van der Waals surface area contributed by atoms with E-state index in [1.54, 1.807) is 0 Å². The molecular formula is C17H30N2O2. The molecule has 1 N–H and O–H groups in total. The molecule has 1 heterocycles. The molecule has 21 heavy (non-hydrogen) atoms. The highest BCUT2D eigenvalue weighted by atomic mass is 16.2. The lowest BCUT2D eigenvalue weighted by molar-refractivity contribution is -0.151. The molecule has 2 amide bonds. The third-order valence-corrected chi connectivity index (χ3v) is 4.55. The van der Waals surface area contributed by atoms with Gasteiger partial charge in [0.2, 0.25) is 11.8 Å². The number of piperazine rings is 1. The Kier molecular flexibility index (Phi) is 5.28. The van der Waals surface area contributed by atoms with E-state index in [0.29, 0.717) is 5.92 Å². The molecule has 2 aliphatic rings. The van der Waals surface area contributed by atoms with Gasteiger partial charge in [0.05, 0.1) is 0 Å². The lowest BCUT2D eigenvalue weighted by atomic mass is 9.93. The number of nitrogens with zero attached hydrogens (tertiary/aromatic N) is 1. The summed E-state index contributed by atoms with van der Waals surface area (Å²) in [7, 11) is 0. The molecule has 2 atom stereocenters. The number of nitrogens with one attached hydrogen (secondary N) is 1. The van der Waals surface area contributed by atoms with Gasteiger partial charge in [0, 0.05) is 6.54 Å². The number of rotatable bonds is 7. The van der Waals surface area contributed by atoms with Crippen LogP contribution in [-0.4, -0.2) is 35.3 Å². The average molecular weight is 294 g/mol. The summed E-state index contributed by atoms with van der Waals surface area (Å²) >= 11 is 0. The van der Waals surface area contributed by atoms with Crippen LogP contribution >= 0.6 is 0 Å². The maximum Gasteiger partial charge on any atom is 0.245 e. The van der Waals surface area contributed by atoms with Gasteiger partial charge in [0.15, 0.2) is 0 Å². The fourth-order valence-corrected chi connectivity index (χ4v) is 3.30. The molecule has 0 aromatic heterocycles. The third kappa shape index (κ3) is 4.21. The summed E-state index contributed by atoms with van der Waals surface area (Å²) < 4.78 is 0. The Bertz CT molecular complexity index is 388. The molecule has 1 saturated heterocycles. The molecular weight excluding hydrogens is 264 g/mol. The van der Waals surface area contributed by atoms with Crippen molar-refractivity contribution in [3.8, 4) is 0 Å². The van der Waals surface area contributed by atoms with Gasteiger partial charge in [-0.3, -0.25) is 9.59 Å². The second kappa shape index (κ2) is 6.80. The number of hydrogen-bond donors (Lipinski definition) is 1. The Morgan fingerprint density at radius 3 is 2.38 bits per heavy atom. The molecule has 1 aliphatic heterocycles. The van der Waals surface area contributed by atoms with Crippen LogP contribution in [-0.2, 0) is 9.59 Å². The second-order valence-corrected chi connectivity index (χ2v) is 7.50. The van der Waals surface area contributed by atoms with Crippen LogP contribution in [0.25, 0.3) is 0 Å². The number of hydrogen-bond acceptors (Lipinski definition) is 2. The fraction of sp³-hybridized carbons (Fsp3) is 0.882. The van der Waals surface area contributed by atoms with Crippen LogP contribution < -0.4 is 5.32 Å². The lowest BCUT2D eigenvalue weighted by Crippen LogP contribution is -2.65. The van der Waals surface area contributed by atoms with E-state index in [9.17, 15) is 9.59 Å². The molecule has 2 rings (SSSR count). The number of carbonyl (C=O) groups excluding carboxylic acids is 2. The first kappa shape index (κ1) is 16.3. The zero-order chi connectivity index (χ0) is 15.6. The maximum atomic E-state index is 12.7. The summed E-state index contributed by atoms with van der Waals surface area (Å²) in [5.41, 5.74) is 0.